The van der Waals surface area contributed by atoms with Crippen molar-refractivity contribution < 1.29 is 20.4 Å². The van der Waals surface area contributed by atoms with Crippen molar-refractivity contribution in [2.45, 2.75) is 81.3 Å². The molecular weight excluding hydrogens is 454 g/mol. The third-order valence-corrected chi connectivity index (χ3v) is 23.2. The second-order valence-corrected chi connectivity index (χ2v) is 27.0. The SMILES string of the molecule is CC1=[C]([Zr]([C]2=C(C)C=C(C(C)(C)C)C2)=[Si](C)C)CC(C(C)(C)C)=C1.Cl.Cl. The molecule has 2 rings (SSSR count). The predicted octanol–water partition coefficient (Wildman–Crippen LogP) is 8.00. The molecule has 2 aliphatic carbocycles. The molecule has 26 heavy (non-hydrogen) atoms. The van der Waals surface area contributed by atoms with Crippen molar-refractivity contribution in [3.05, 3.63) is 41.0 Å². The Hall–Kier alpha value is 0.640. The summed E-state index contributed by atoms with van der Waals surface area (Å²) in [7, 11) is 0. The van der Waals surface area contributed by atoms with Crippen LogP contribution < -0.4 is 0 Å². The van der Waals surface area contributed by atoms with E-state index in [0.29, 0.717) is 10.8 Å². The molecule has 0 bridgehead atoms. The molecule has 0 saturated heterocycles. The summed E-state index contributed by atoms with van der Waals surface area (Å²) in [4.78, 5) is 0. The summed E-state index contributed by atoms with van der Waals surface area (Å²) in [6.45, 7) is 24.2. The number of allylic oxidation sites excluding steroid dienone is 8. The van der Waals surface area contributed by atoms with E-state index in [1.807, 2.05) is 6.56 Å². The molecule has 0 spiro atoms. The molecular formula is C22H38Cl2SiZr. The Morgan fingerprint density at radius 1 is 0.731 bits per heavy atom. The molecule has 0 heterocycles. The van der Waals surface area contributed by atoms with Gasteiger partial charge in [-0.25, -0.2) is 0 Å². The molecule has 0 saturated carbocycles. The van der Waals surface area contributed by atoms with Crippen LogP contribution in [-0.2, 0) is 20.4 Å². The third kappa shape index (κ3) is 5.82. The predicted molar refractivity (Wildman–Crippen MR) is 122 cm³/mol. The summed E-state index contributed by atoms with van der Waals surface area (Å²) in [5, 5.41) is 0. The molecule has 0 N–H and O–H groups in total. The Labute approximate surface area is 182 Å². The van der Waals surface area contributed by atoms with E-state index < -0.39 is 20.4 Å². The maximum Gasteiger partial charge on any atom is -0.147 e. The van der Waals surface area contributed by atoms with Crippen molar-refractivity contribution in [1.82, 2.24) is 0 Å². The van der Waals surface area contributed by atoms with E-state index in [-0.39, 0.29) is 30.2 Å². The average molecular weight is 493 g/mol. The minimum absolute atomic E-state index is 0. The normalized spacial score (nSPS) is 17.6. The summed E-state index contributed by atoms with van der Waals surface area (Å²) in [6.07, 6.45) is 7.62. The summed E-state index contributed by atoms with van der Waals surface area (Å²) in [5.41, 5.74) is 7.00. The third-order valence-electron chi connectivity index (χ3n) is 5.50. The fraction of sp³-hybridized carbons (Fsp3) is 0.636. The Morgan fingerprint density at radius 2 is 1.04 bits per heavy atom. The zero-order valence-electron chi connectivity index (χ0n) is 18.4. The smallest absolute Gasteiger partial charge is 0.147 e. The Kier molecular flexibility index (Phi) is 9.66. The fourth-order valence-electron chi connectivity index (χ4n) is 3.78. The van der Waals surface area contributed by atoms with Crippen molar-refractivity contribution in [1.29, 1.82) is 0 Å². The van der Waals surface area contributed by atoms with Gasteiger partial charge < -0.3 is 0 Å². The standard InChI is InChI=1S/2C10H15.C2H6Si.2ClH.Zr/c2*1-8-5-6-9(7-8)10(2,3)4;1-3-2;;;/h2*7H,6H2,1-4H3;1-2H3;2*1H;. The molecule has 4 heteroatoms. The zero-order valence-corrected chi connectivity index (χ0v) is 23.5. The minimum Gasteiger partial charge on any atom is -0.147 e. The molecule has 0 aromatic rings. The largest absolute Gasteiger partial charge is 0.147 e. The van der Waals surface area contributed by atoms with Crippen molar-refractivity contribution >= 4 is 30.2 Å². The van der Waals surface area contributed by atoms with Gasteiger partial charge in [-0.15, -0.1) is 24.8 Å². The molecule has 0 aromatic heterocycles. The van der Waals surface area contributed by atoms with Gasteiger partial charge in [-0.3, -0.25) is 0 Å². The molecule has 148 valence electrons. The van der Waals surface area contributed by atoms with Crippen LogP contribution in [0.15, 0.2) is 41.0 Å². The molecule has 0 aliphatic heterocycles. The first-order valence-electron chi connectivity index (χ1n) is 9.32. The van der Waals surface area contributed by atoms with Gasteiger partial charge in [0.15, 0.2) is 0 Å². The van der Waals surface area contributed by atoms with Crippen LogP contribution in [0.5, 0.6) is 0 Å². The van der Waals surface area contributed by atoms with E-state index in [9.17, 15) is 0 Å². The van der Waals surface area contributed by atoms with Crippen molar-refractivity contribution in [2.75, 3.05) is 0 Å². The van der Waals surface area contributed by atoms with Crippen LogP contribution in [-0.4, -0.2) is 5.43 Å². The molecule has 0 aromatic carbocycles. The van der Waals surface area contributed by atoms with Crippen LogP contribution in [0.3, 0.4) is 0 Å². The Morgan fingerprint density at radius 3 is 1.23 bits per heavy atom. The quantitative estimate of drug-likeness (QED) is 0.343. The van der Waals surface area contributed by atoms with Crippen molar-refractivity contribution in [3.8, 4) is 0 Å². The summed E-state index contributed by atoms with van der Waals surface area (Å²) in [5.74, 6) is 0. The first-order valence-corrected chi connectivity index (χ1v) is 18.0. The van der Waals surface area contributed by atoms with E-state index in [4.69, 9.17) is 0 Å². The van der Waals surface area contributed by atoms with E-state index in [1.165, 1.54) is 12.8 Å². The molecule has 0 fully saturated rings. The Balaban J connectivity index is 0.00000312. The van der Waals surface area contributed by atoms with Crippen LogP contribution in [0.4, 0.5) is 0 Å². The van der Waals surface area contributed by atoms with Gasteiger partial charge >= 0.3 is 159 Å². The molecule has 0 nitrogen and oxygen atoms in total. The monoisotopic (exact) mass is 490 g/mol. The van der Waals surface area contributed by atoms with Gasteiger partial charge in [0.25, 0.3) is 0 Å². The van der Waals surface area contributed by atoms with Gasteiger partial charge in [-0.1, -0.05) is 0 Å². The first kappa shape index (κ1) is 26.6. The van der Waals surface area contributed by atoms with Gasteiger partial charge in [0.2, 0.25) is 0 Å². The summed E-state index contributed by atoms with van der Waals surface area (Å²) >= 11 is -1.69. The minimum atomic E-state index is -1.69. The zero-order chi connectivity index (χ0) is 18.4. The van der Waals surface area contributed by atoms with Crippen LogP contribution in [0.25, 0.3) is 0 Å². The number of rotatable bonds is 2. The second-order valence-electron chi connectivity index (χ2n) is 9.89. The summed E-state index contributed by atoms with van der Waals surface area (Å²) < 4.78 is 3.83. The van der Waals surface area contributed by atoms with Crippen LogP contribution in [0, 0.1) is 10.8 Å². The van der Waals surface area contributed by atoms with Gasteiger partial charge in [-0.2, -0.15) is 0 Å². The van der Waals surface area contributed by atoms with E-state index in [2.05, 4.69) is 80.6 Å². The van der Waals surface area contributed by atoms with E-state index >= 15 is 0 Å². The van der Waals surface area contributed by atoms with Crippen molar-refractivity contribution in [3.63, 3.8) is 0 Å². The average Bonchev–Trinajstić information content (AvgIpc) is 2.94. The number of hydrogen-bond donors (Lipinski definition) is 0. The molecule has 0 radical (unpaired) electrons. The van der Waals surface area contributed by atoms with E-state index in [0.717, 1.165) is 0 Å². The van der Waals surface area contributed by atoms with Gasteiger partial charge in [0.1, 0.15) is 0 Å². The Bertz CT molecular complexity index is 660. The van der Waals surface area contributed by atoms with Crippen LogP contribution in [0.1, 0.15) is 68.2 Å². The van der Waals surface area contributed by atoms with Crippen LogP contribution in [0.2, 0.25) is 13.1 Å². The van der Waals surface area contributed by atoms with Gasteiger partial charge in [-0.05, 0) is 0 Å². The first-order chi connectivity index (χ1) is 10.8. The maximum absolute atomic E-state index is 2.59. The van der Waals surface area contributed by atoms with Gasteiger partial charge in [0, 0.05) is 0 Å². The second kappa shape index (κ2) is 9.43. The summed E-state index contributed by atoms with van der Waals surface area (Å²) in [6, 6.07) is 0. The topological polar surface area (TPSA) is 0 Å². The maximum atomic E-state index is 2.59. The molecule has 0 unspecified atom stereocenters. The van der Waals surface area contributed by atoms with Gasteiger partial charge in [0.05, 0.1) is 0 Å². The van der Waals surface area contributed by atoms with Crippen LogP contribution >= 0.6 is 24.8 Å². The number of hydrogen-bond acceptors (Lipinski definition) is 0. The fourth-order valence-corrected chi connectivity index (χ4v) is 22.3. The molecule has 0 atom stereocenters. The molecule has 0 amide bonds. The van der Waals surface area contributed by atoms with Crippen molar-refractivity contribution in [2.24, 2.45) is 10.8 Å². The number of halogens is 2. The molecule has 2 aliphatic rings. The van der Waals surface area contributed by atoms with E-state index in [1.54, 1.807) is 22.3 Å².